The molecule has 0 radical (unpaired) electrons. The summed E-state index contributed by atoms with van der Waals surface area (Å²) in [6.07, 6.45) is 1.09. The molecule has 0 fully saturated rings. The highest BCUT2D eigenvalue weighted by Gasteiger charge is 2.17. The van der Waals surface area contributed by atoms with E-state index in [1.54, 1.807) is 0 Å². The Bertz CT molecular complexity index is 330. The first-order valence-electron chi connectivity index (χ1n) is 6.27. The number of likely N-dealkylation sites (N-methyl/N-ethyl adjacent to an activating group) is 1. The van der Waals surface area contributed by atoms with Crippen molar-refractivity contribution in [3.63, 3.8) is 0 Å². The van der Waals surface area contributed by atoms with Gasteiger partial charge >= 0.3 is 0 Å². The van der Waals surface area contributed by atoms with E-state index >= 15 is 0 Å². The second kappa shape index (κ2) is 7.70. The monoisotopic (exact) mass is 255 g/mol. The smallest absolute Gasteiger partial charge is 0.0703 e. The minimum atomic E-state index is 0.191. The molecule has 0 spiro atoms. The van der Waals surface area contributed by atoms with Gasteiger partial charge in [-0.25, -0.2) is 0 Å². The molecular formula is C14H22ClNO. The van der Waals surface area contributed by atoms with E-state index < -0.39 is 0 Å². The van der Waals surface area contributed by atoms with Crippen molar-refractivity contribution in [1.82, 2.24) is 5.32 Å². The van der Waals surface area contributed by atoms with Gasteiger partial charge in [0.2, 0.25) is 0 Å². The van der Waals surface area contributed by atoms with E-state index in [4.69, 9.17) is 16.3 Å². The number of ether oxygens (including phenoxy) is 1. The van der Waals surface area contributed by atoms with Crippen molar-refractivity contribution >= 4 is 11.6 Å². The lowest BCUT2D eigenvalue weighted by molar-refractivity contribution is 0.0480. The molecule has 0 saturated carbocycles. The Labute approximate surface area is 109 Å². The fraction of sp³-hybridized carbons (Fsp3) is 0.571. The number of rotatable bonds is 7. The standard InChI is InChI=1S/C14H22ClNO/c1-4-16-14(11(3)17-5-2)10-12-8-6-7-9-13(12)15/h6-9,11,14,16H,4-5,10H2,1-3H3. The van der Waals surface area contributed by atoms with E-state index in [9.17, 15) is 0 Å². The number of hydrogen-bond acceptors (Lipinski definition) is 2. The summed E-state index contributed by atoms with van der Waals surface area (Å²) < 4.78 is 5.66. The van der Waals surface area contributed by atoms with Crippen LogP contribution in [0.15, 0.2) is 24.3 Å². The normalized spacial score (nSPS) is 14.6. The Balaban J connectivity index is 2.69. The Morgan fingerprint density at radius 2 is 2.00 bits per heavy atom. The second-order valence-electron chi connectivity index (χ2n) is 4.12. The predicted molar refractivity (Wildman–Crippen MR) is 73.7 cm³/mol. The molecule has 0 aliphatic rings. The Hall–Kier alpha value is -0.570. The van der Waals surface area contributed by atoms with Gasteiger partial charge in [0.1, 0.15) is 0 Å². The molecule has 0 bridgehead atoms. The fourth-order valence-electron chi connectivity index (χ4n) is 1.95. The van der Waals surface area contributed by atoms with E-state index in [-0.39, 0.29) is 6.10 Å². The van der Waals surface area contributed by atoms with Crippen LogP contribution in [0.2, 0.25) is 5.02 Å². The van der Waals surface area contributed by atoms with Gasteiger partial charge in [-0.1, -0.05) is 36.7 Å². The first kappa shape index (κ1) is 14.5. The third-order valence-corrected chi connectivity index (χ3v) is 3.23. The van der Waals surface area contributed by atoms with Crippen LogP contribution in [0.4, 0.5) is 0 Å². The zero-order chi connectivity index (χ0) is 12.7. The average Bonchev–Trinajstić information content (AvgIpc) is 2.31. The van der Waals surface area contributed by atoms with Crippen molar-refractivity contribution < 1.29 is 4.74 Å². The lowest BCUT2D eigenvalue weighted by Crippen LogP contribution is -2.41. The van der Waals surface area contributed by atoms with Crippen LogP contribution >= 0.6 is 11.6 Å². The molecule has 1 aromatic carbocycles. The molecule has 1 N–H and O–H groups in total. The third kappa shape index (κ3) is 4.66. The molecule has 0 heterocycles. The summed E-state index contributed by atoms with van der Waals surface area (Å²) >= 11 is 6.18. The summed E-state index contributed by atoms with van der Waals surface area (Å²) in [5.74, 6) is 0. The second-order valence-corrected chi connectivity index (χ2v) is 4.53. The van der Waals surface area contributed by atoms with Gasteiger partial charge in [0.25, 0.3) is 0 Å². The number of halogens is 1. The molecule has 2 unspecified atom stereocenters. The summed E-state index contributed by atoms with van der Waals surface area (Å²) in [6, 6.07) is 8.30. The lowest BCUT2D eigenvalue weighted by atomic mass is 10.0. The summed E-state index contributed by atoms with van der Waals surface area (Å²) in [7, 11) is 0. The topological polar surface area (TPSA) is 21.3 Å². The number of nitrogens with one attached hydrogen (secondary N) is 1. The highest BCUT2D eigenvalue weighted by molar-refractivity contribution is 6.31. The summed E-state index contributed by atoms with van der Waals surface area (Å²) in [6.45, 7) is 7.92. The van der Waals surface area contributed by atoms with Crippen LogP contribution in [0.25, 0.3) is 0 Å². The van der Waals surface area contributed by atoms with Crippen molar-refractivity contribution in [3.05, 3.63) is 34.9 Å². The van der Waals surface area contributed by atoms with E-state index in [0.29, 0.717) is 6.04 Å². The minimum absolute atomic E-state index is 0.191. The zero-order valence-corrected chi connectivity index (χ0v) is 11.6. The molecular weight excluding hydrogens is 234 g/mol. The van der Waals surface area contributed by atoms with Gasteiger partial charge in [-0.2, -0.15) is 0 Å². The molecule has 0 amide bonds. The van der Waals surface area contributed by atoms with Gasteiger partial charge in [-0.15, -0.1) is 0 Å². The van der Waals surface area contributed by atoms with Gasteiger partial charge in [-0.3, -0.25) is 0 Å². The van der Waals surface area contributed by atoms with E-state index in [1.807, 2.05) is 25.1 Å². The maximum absolute atomic E-state index is 6.18. The molecule has 2 nitrogen and oxygen atoms in total. The zero-order valence-electron chi connectivity index (χ0n) is 10.9. The van der Waals surface area contributed by atoms with Crippen LogP contribution in [-0.4, -0.2) is 25.3 Å². The van der Waals surface area contributed by atoms with Crippen molar-refractivity contribution in [2.24, 2.45) is 0 Å². The molecule has 0 saturated heterocycles. The van der Waals surface area contributed by atoms with E-state index in [1.165, 1.54) is 5.56 Å². The van der Waals surface area contributed by atoms with Gasteiger partial charge < -0.3 is 10.1 Å². The van der Waals surface area contributed by atoms with Crippen LogP contribution in [0.3, 0.4) is 0 Å². The first-order chi connectivity index (χ1) is 8.19. The highest BCUT2D eigenvalue weighted by atomic mass is 35.5. The molecule has 0 aromatic heterocycles. The number of benzene rings is 1. The molecule has 17 heavy (non-hydrogen) atoms. The van der Waals surface area contributed by atoms with Crippen molar-refractivity contribution in [1.29, 1.82) is 0 Å². The minimum Gasteiger partial charge on any atom is -0.377 e. The van der Waals surface area contributed by atoms with Crippen LogP contribution in [0.1, 0.15) is 26.3 Å². The van der Waals surface area contributed by atoms with Gasteiger partial charge in [-0.05, 0) is 38.4 Å². The van der Waals surface area contributed by atoms with Crippen molar-refractivity contribution in [3.8, 4) is 0 Å². The quantitative estimate of drug-likeness (QED) is 0.807. The summed E-state index contributed by atoms with van der Waals surface area (Å²) in [5.41, 5.74) is 1.17. The average molecular weight is 256 g/mol. The number of hydrogen-bond donors (Lipinski definition) is 1. The SMILES string of the molecule is CCNC(Cc1ccccc1Cl)C(C)OCC. The Kier molecular flexibility index (Phi) is 6.56. The molecule has 96 valence electrons. The largest absolute Gasteiger partial charge is 0.377 e. The van der Waals surface area contributed by atoms with Crippen LogP contribution < -0.4 is 5.32 Å². The maximum atomic E-state index is 6.18. The van der Waals surface area contributed by atoms with E-state index in [0.717, 1.165) is 24.6 Å². The molecule has 1 aromatic rings. The van der Waals surface area contributed by atoms with Gasteiger partial charge in [0.15, 0.2) is 0 Å². The fourth-order valence-corrected chi connectivity index (χ4v) is 2.16. The molecule has 0 aliphatic carbocycles. The molecule has 2 atom stereocenters. The van der Waals surface area contributed by atoms with Gasteiger partial charge in [0.05, 0.1) is 6.10 Å². The van der Waals surface area contributed by atoms with Crippen molar-refractivity contribution in [2.45, 2.75) is 39.3 Å². The summed E-state index contributed by atoms with van der Waals surface area (Å²) in [5, 5.41) is 4.29. The maximum Gasteiger partial charge on any atom is 0.0703 e. The first-order valence-corrected chi connectivity index (χ1v) is 6.65. The molecule has 0 aliphatic heterocycles. The predicted octanol–water partition coefficient (Wildman–Crippen LogP) is 3.29. The van der Waals surface area contributed by atoms with Crippen LogP contribution in [0, 0.1) is 0 Å². The van der Waals surface area contributed by atoms with Gasteiger partial charge in [0, 0.05) is 17.7 Å². The van der Waals surface area contributed by atoms with Crippen LogP contribution in [0.5, 0.6) is 0 Å². The Morgan fingerprint density at radius 1 is 1.29 bits per heavy atom. The van der Waals surface area contributed by atoms with Crippen molar-refractivity contribution in [2.75, 3.05) is 13.2 Å². The van der Waals surface area contributed by atoms with E-state index in [2.05, 4.69) is 25.2 Å². The lowest BCUT2D eigenvalue weighted by Gasteiger charge is -2.25. The molecule has 3 heteroatoms. The molecule has 1 rings (SSSR count). The highest BCUT2D eigenvalue weighted by Crippen LogP contribution is 2.18. The van der Waals surface area contributed by atoms with Crippen LogP contribution in [-0.2, 0) is 11.2 Å². The Morgan fingerprint density at radius 3 is 2.59 bits per heavy atom. The summed E-state index contributed by atoms with van der Waals surface area (Å²) in [4.78, 5) is 0. The third-order valence-electron chi connectivity index (χ3n) is 2.86.